The van der Waals surface area contributed by atoms with Crippen molar-refractivity contribution in [3.63, 3.8) is 0 Å². The molecule has 0 aliphatic rings. The molecule has 0 unspecified atom stereocenters. The van der Waals surface area contributed by atoms with Crippen molar-refractivity contribution in [3.05, 3.63) is 38.2 Å². The van der Waals surface area contributed by atoms with Gasteiger partial charge >= 0.3 is 0 Å². The predicted molar refractivity (Wildman–Crippen MR) is 66.1 cm³/mol. The maximum absolute atomic E-state index is 5.75. The van der Waals surface area contributed by atoms with E-state index in [0.717, 1.165) is 3.57 Å². The van der Waals surface area contributed by atoms with E-state index in [1.165, 1.54) is 6.07 Å². The summed E-state index contributed by atoms with van der Waals surface area (Å²) in [5, 5.41) is 4.79. The third kappa shape index (κ3) is 3.02. The van der Waals surface area contributed by atoms with Crippen LogP contribution in [0.4, 0.5) is 0 Å². The van der Waals surface area contributed by atoms with Crippen molar-refractivity contribution < 1.29 is 0 Å². The molecular weight excluding hydrogens is 350 g/mol. The van der Waals surface area contributed by atoms with Crippen LogP contribution in [0.15, 0.2) is 18.5 Å². The zero-order chi connectivity index (χ0) is 10.8. The number of nitrogens with zero attached hydrogens (tertiary/aromatic N) is 4. The van der Waals surface area contributed by atoms with Crippen molar-refractivity contribution in [1.82, 2.24) is 19.7 Å². The minimum Gasteiger partial charge on any atom is -0.264 e. The Labute approximate surface area is 110 Å². The Morgan fingerprint density at radius 2 is 1.93 bits per heavy atom. The van der Waals surface area contributed by atoms with Gasteiger partial charge in [0.1, 0.15) is 16.9 Å². The van der Waals surface area contributed by atoms with E-state index >= 15 is 0 Å². The fourth-order valence-corrected chi connectivity index (χ4v) is 1.98. The minimum absolute atomic E-state index is 0.340. The number of hydrogen-bond acceptors (Lipinski definition) is 3. The Bertz CT molecular complexity index is 465. The molecular formula is C8H5Cl2IN4. The molecule has 0 aliphatic carbocycles. The smallest absolute Gasteiger partial charge is 0.153 e. The lowest BCUT2D eigenvalue weighted by Crippen LogP contribution is -2.04. The van der Waals surface area contributed by atoms with E-state index in [0.29, 0.717) is 22.7 Å². The van der Waals surface area contributed by atoms with Gasteiger partial charge in [-0.25, -0.2) is 9.97 Å². The Hall–Kier alpha value is -0.400. The largest absolute Gasteiger partial charge is 0.264 e. The highest BCUT2D eigenvalue weighted by molar-refractivity contribution is 14.1. The molecule has 15 heavy (non-hydrogen) atoms. The van der Waals surface area contributed by atoms with Gasteiger partial charge in [0, 0.05) is 12.3 Å². The summed E-state index contributed by atoms with van der Waals surface area (Å²) in [4.78, 5) is 8.09. The third-order valence-electron chi connectivity index (χ3n) is 1.62. The van der Waals surface area contributed by atoms with E-state index in [2.05, 4.69) is 37.7 Å². The monoisotopic (exact) mass is 354 g/mol. The third-order valence-corrected chi connectivity index (χ3v) is 2.56. The highest BCUT2D eigenvalue weighted by Gasteiger charge is 2.03. The van der Waals surface area contributed by atoms with Crippen LogP contribution in [0.5, 0.6) is 0 Å². The molecule has 0 aliphatic heterocycles. The first-order chi connectivity index (χ1) is 7.13. The van der Waals surface area contributed by atoms with Gasteiger partial charge in [0.2, 0.25) is 0 Å². The van der Waals surface area contributed by atoms with Crippen LogP contribution in [0.2, 0.25) is 10.3 Å². The molecule has 0 fully saturated rings. The Kier molecular flexibility index (Phi) is 3.42. The van der Waals surface area contributed by atoms with Gasteiger partial charge in [0.15, 0.2) is 5.82 Å². The number of rotatable bonds is 2. The average Bonchev–Trinajstić information content (AvgIpc) is 2.49. The van der Waals surface area contributed by atoms with Crippen LogP contribution in [-0.2, 0) is 6.54 Å². The molecule has 0 bridgehead atoms. The second kappa shape index (κ2) is 4.63. The highest BCUT2D eigenvalue weighted by atomic mass is 127. The molecule has 0 saturated heterocycles. The first-order valence-corrected chi connectivity index (χ1v) is 5.84. The SMILES string of the molecule is Clc1cc(Cl)nc(Cn2cc(I)cn2)n1. The van der Waals surface area contributed by atoms with Crippen molar-refractivity contribution in [3.8, 4) is 0 Å². The van der Waals surface area contributed by atoms with Gasteiger partial charge in [-0.3, -0.25) is 4.68 Å². The number of halogens is 3. The van der Waals surface area contributed by atoms with Crippen LogP contribution in [0.1, 0.15) is 5.82 Å². The van der Waals surface area contributed by atoms with Crippen molar-refractivity contribution in [2.45, 2.75) is 6.54 Å². The lowest BCUT2D eigenvalue weighted by Gasteiger charge is -2.01. The standard InChI is InChI=1S/C8H5Cl2IN4/c9-6-1-7(10)14-8(13-6)4-15-3-5(11)2-12-15/h1-3H,4H2. The van der Waals surface area contributed by atoms with E-state index in [9.17, 15) is 0 Å². The molecule has 0 spiro atoms. The molecule has 0 atom stereocenters. The molecule has 0 N–H and O–H groups in total. The van der Waals surface area contributed by atoms with E-state index < -0.39 is 0 Å². The van der Waals surface area contributed by atoms with Crippen LogP contribution < -0.4 is 0 Å². The van der Waals surface area contributed by atoms with Crippen LogP contribution >= 0.6 is 45.8 Å². The normalized spacial score (nSPS) is 10.6. The summed E-state index contributed by atoms with van der Waals surface area (Å²) in [5.74, 6) is 0.548. The van der Waals surface area contributed by atoms with E-state index in [1.54, 1.807) is 10.9 Å². The molecule has 2 aromatic heterocycles. The molecule has 2 rings (SSSR count). The van der Waals surface area contributed by atoms with Crippen LogP contribution in [0.25, 0.3) is 0 Å². The van der Waals surface area contributed by atoms with Crippen molar-refractivity contribution in [2.75, 3.05) is 0 Å². The summed E-state index contributed by atoms with van der Waals surface area (Å²) in [6.45, 7) is 0.462. The highest BCUT2D eigenvalue weighted by Crippen LogP contribution is 2.12. The fourth-order valence-electron chi connectivity index (χ4n) is 1.07. The van der Waals surface area contributed by atoms with Crippen molar-refractivity contribution >= 4 is 45.8 Å². The Balaban J connectivity index is 2.24. The van der Waals surface area contributed by atoms with Gasteiger partial charge in [0.25, 0.3) is 0 Å². The Morgan fingerprint density at radius 3 is 2.47 bits per heavy atom. The number of aromatic nitrogens is 4. The fraction of sp³-hybridized carbons (Fsp3) is 0.125. The zero-order valence-electron chi connectivity index (χ0n) is 7.36. The van der Waals surface area contributed by atoms with Gasteiger partial charge in [-0.15, -0.1) is 0 Å². The topological polar surface area (TPSA) is 43.6 Å². The first-order valence-electron chi connectivity index (χ1n) is 4.00. The molecule has 78 valence electrons. The van der Waals surface area contributed by atoms with Gasteiger partial charge in [-0.2, -0.15) is 5.10 Å². The molecule has 0 amide bonds. The Morgan fingerprint density at radius 1 is 1.27 bits per heavy atom. The van der Waals surface area contributed by atoms with Crippen LogP contribution in [0, 0.1) is 3.57 Å². The van der Waals surface area contributed by atoms with Gasteiger partial charge in [-0.1, -0.05) is 23.2 Å². The predicted octanol–water partition coefficient (Wildman–Crippen LogP) is 2.63. The maximum atomic E-state index is 5.75. The van der Waals surface area contributed by atoms with Crippen LogP contribution in [0.3, 0.4) is 0 Å². The average molecular weight is 355 g/mol. The molecule has 2 heterocycles. The summed E-state index contributed by atoms with van der Waals surface area (Å²) in [6.07, 6.45) is 3.64. The zero-order valence-corrected chi connectivity index (χ0v) is 11.0. The molecule has 4 nitrogen and oxygen atoms in total. The first kappa shape index (κ1) is 11.1. The van der Waals surface area contributed by atoms with Gasteiger partial charge in [-0.05, 0) is 22.6 Å². The van der Waals surface area contributed by atoms with Crippen LogP contribution in [-0.4, -0.2) is 19.7 Å². The van der Waals surface area contributed by atoms with E-state index in [1.807, 2.05) is 6.20 Å². The number of hydrogen-bond donors (Lipinski definition) is 0. The summed E-state index contributed by atoms with van der Waals surface area (Å²) >= 11 is 13.7. The molecule has 7 heteroatoms. The van der Waals surface area contributed by atoms with E-state index in [4.69, 9.17) is 23.2 Å². The van der Waals surface area contributed by atoms with Crippen molar-refractivity contribution in [1.29, 1.82) is 0 Å². The summed E-state index contributed by atoms with van der Waals surface area (Å²) < 4.78 is 2.78. The minimum atomic E-state index is 0.340. The maximum Gasteiger partial charge on any atom is 0.153 e. The lowest BCUT2D eigenvalue weighted by atomic mass is 10.5. The molecule has 2 aromatic rings. The second-order valence-electron chi connectivity index (χ2n) is 2.79. The molecule has 0 radical (unpaired) electrons. The van der Waals surface area contributed by atoms with Gasteiger partial charge < -0.3 is 0 Å². The van der Waals surface area contributed by atoms with Gasteiger partial charge in [0.05, 0.1) is 9.77 Å². The molecule has 0 saturated carbocycles. The summed E-state index contributed by atoms with van der Waals surface area (Å²) in [7, 11) is 0. The second-order valence-corrected chi connectivity index (χ2v) is 4.81. The summed E-state index contributed by atoms with van der Waals surface area (Å²) in [6, 6.07) is 1.50. The summed E-state index contributed by atoms with van der Waals surface area (Å²) in [5.41, 5.74) is 0. The van der Waals surface area contributed by atoms with Crippen molar-refractivity contribution in [2.24, 2.45) is 0 Å². The van der Waals surface area contributed by atoms with E-state index in [-0.39, 0.29) is 0 Å². The quantitative estimate of drug-likeness (QED) is 0.615. The lowest BCUT2D eigenvalue weighted by molar-refractivity contribution is 0.655. The molecule has 0 aromatic carbocycles.